The average Bonchev–Trinajstić information content (AvgIpc) is 2.55. The van der Waals surface area contributed by atoms with Gasteiger partial charge in [0, 0.05) is 26.2 Å². The van der Waals surface area contributed by atoms with Gasteiger partial charge < -0.3 is 9.64 Å². The van der Waals surface area contributed by atoms with Crippen LogP contribution >= 0.6 is 11.6 Å². The maximum atomic E-state index is 14.0. The van der Waals surface area contributed by atoms with Gasteiger partial charge in [0.15, 0.2) is 11.0 Å². The fourth-order valence-electron chi connectivity index (χ4n) is 2.55. The number of halogens is 3. The Morgan fingerprint density at radius 3 is 2.96 bits per heavy atom. The molecule has 0 spiro atoms. The first-order valence-corrected chi connectivity index (χ1v) is 7.81. The molecule has 0 bridgehead atoms. The summed E-state index contributed by atoms with van der Waals surface area (Å²) in [5, 5.41) is -0.253. The summed E-state index contributed by atoms with van der Waals surface area (Å²) in [5.74, 6) is -0.929. The molecule has 1 aromatic rings. The van der Waals surface area contributed by atoms with E-state index in [2.05, 4.69) is 9.97 Å². The van der Waals surface area contributed by atoms with Crippen molar-refractivity contribution >= 4 is 23.4 Å². The summed E-state index contributed by atoms with van der Waals surface area (Å²) in [5.41, 5.74) is 0. The standard InChI is InChI=1S/C14H19ClF2N4O2/c1-2-23-11(22)3-4-20-5-6-21(8-10(20)7-16)14-12(17)13(15)18-9-19-14/h9-10H,2-8H2,1H3/t10-/m1/s1. The third-order valence-electron chi connectivity index (χ3n) is 3.72. The van der Waals surface area contributed by atoms with E-state index in [9.17, 15) is 13.6 Å². The summed E-state index contributed by atoms with van der Waals surface area (Å²) in [6.07, 6.45) is 1.39. The Balaban J connectivity index is 1.98. The van der Waals surface area contributed by atoms with Crippen molar-refractivity contribution in [2.75, 3.05) is 44.4 Å². The zero-order valence-corrected chi connectivity index (χ0v) is 13.6. The minimum atomic E-state index is -0.702. The molecule has 0 aromatic carbocycles. The number of hydrogen-bond acceptors (Lipinski definition) is 6. The van der Waals surface area contributed by atoms with Crippen LogP contribution in [0.15, 0.2) is 6.33 Å². The van der Waals surface area contributed by atoms with Crippen molar-refractivity contribution in [1.29, 1.82) is 0 Å². The lowest BCUT2D eigenvalue weighted by atomic mass is 10.1. The van der Waals surface area contributed by atoms with Crippen LogP contribution in [0.2, 0.25) is 5.15 Å². The molecule has 23 heavy (non-hydrogen) atoms. The van der Waals surface area contributed by atoms with Crippen LogP contribution in [0.5, 0.6) is 0 Å². The molecule has 1 aliphatic rings. The van der Waals surface area contributed by atoms with Crippen LogP contribution in [0.4, 0.5) is 14.6 Å². The largest absolute Gasteiger partial charge is 0.466 e. The third-order valence-corrected chi connectivity index (χ3v) is 3.98. The minimum Gasteiger partial charge on any atom is -0.466 e. The van der Waals surface area contributed by atoms with Crippen molar-refractivity contribution in [1.82, 2.24) is 14.9 Å². The topological polar surface area (TPSA) is 58.6 Å². The summed E-state index contributed by atoms with van der Waals surface area (Å²) in [6, 6.07) is -0.439. The van der Waals surface area contributed by atoms with Crippen molar-refractivity contribution in [3.63, 3.8) is 0 Å². The third kappa shape index (κ3) is 4.48. The molecule has 0 amide bonds. The van der Waals surface area contributed by atoms with Crippen molar-refractivity contribution in [2.45, 2.75) is 19.4 Å². The van der Waals surface area contributed by atoms with Gasteiger partial charge in [-0.05, 0) is 6.92 Å². The molecule has 0 saturated carbocycles. The smallest absolute Gasteiger partial charge is 0.307 e. The molecule has 2 rings (SSSR count). The van der Waals surface area contributed by atoms with Crippen LogP contribution in [-0.4, -0.2) is 66.3 Å². The molecule has 1 aliphatic heterocycles. The van der Waals surface area contributed by atoms with Gasteiger partial charge in [0.2, 0.25) is 5.82 Å². The molecule has 2 heterocycles. The van der Waals surface area contributed by atoms with Crippen molar-refractivity contribution in [2.24, 2.45) is 0 Å². The molecule has 0 N–H and O–H groups in total. The predicted octanol–water partition coefficient (Wildman–Crippen LogP) is 1.68. The first-order chi connectivity index (χ1) is 11.1. The minimum absolute atomic E-state index is 0.0773. The molecule has 6 nitrogen and oxygen atoms in total. The number of hydrogen-bond donors (Lipinski definition) is 0. The van der Waals surface area contributed by atoms with Gasteiger partial charge >= 0.3 is 5.97 Å². The number of anilines is 1. The van der Waals surface area contributed by atoms with E-state index in [0.29, 0.717) is 26.2 Å². The average molecular weight is 349 g/mol. The highest BCUT2D eigenvalue weighted by Gasteiger charge is 2.29. The summed E-state index contributed by atoms with van der Waals surface area (Å²) < 4.78 is 32.2. The van der Waals surface area contributed by atoms with Crippen molar-refractivity contribution < 1.29 is 18.3 Å². The first kappa shape index (κ1) is 17.8. The molecule has 0 unspecified atom stereocenters. The van der Waals surface area contributed by atoms with Crippen LogP contribution in [0.3, 0.4) is 0 Å². The van der Waals surface area contributed by atoms with Gasteiger partial charge in [0.05, 0.1) is 19.1 Å². The number of ether oxygens (including phenoxy) is 1. The lowest BCUT2D eigenvalue weighted by Gasteiger charge is -2.40. The number of rotatable bonds is 6. The van der Waals surface area contributed by atoms with Crippen LogP contribution < -0.4 is 4.90 Å². The number of carbonyl (C=O) groups excluding carboxylic acids is 1. The Hall–Kier alpha value is -1.54. The van der Waals surface area contributed by atoms with Crippen LogP contribution in [0.25, 0.3) is 0 Å². The lowest BCUT2D eigenvalue weighted by molar-refractivity contribution is -0.143. The van der Waals surface area contributed by atoms with Crippen molar-refractivity contribution in [3.8, 4) is 0 Å². The number of aromatic nitrogens is 2. The number of carbonyl (C=O) groups is 1. The molecule has 1 fully saturated rings. The highest BCUT2D eigenvalue weighted by molar-refractivity contribution is 6.29. The van der Waals surface area contributed by atoms with E-state index in [1.54, 1.807) is 11.8 Å². The SMILES string of the molecule is CCOC(=O)CCN1CCN(c2ncnc(Cl)c2F)C[C@H]1CF. The van der Waals surface area contributed by atoms with Crippen LogP contribution in [-0.2, 0) is 9.53 Å². The fraction of sp³-hybridized carbons (Fsp3) is 0.643. The van der Waals surface area contributed by atoms with E-state index in [0.717, 1.165) is 0 Å². The van der Waals surface area contributed by atoms with E-state index >= 15 is 0 Å². The molecule has 1 aromatic heterocycles. The van der Waals surface area contributed by atoms with Gasteiger partial charge in [-0.25, -0.2) is 14.4 Å². The molecule has 1 atom stereocenters. The van der Waals surface area contributed by atoms with E-state index < -0.39 is 18.5 Å². The molecular weight excluding hydrogens is 330 g/mol. The molecule has 128 valence electrons. The summed E-state index contributed by atoms with van der Waals surface area (Å²) in [4.78, 5) is 22.4. The number of piperazine rings is 1. The highest BCUT2D eigenvalue weighted by Crippen LogP contribution is 2.24. The maximum absolute atomic E-state index is 14.0. The van der Waals surface area contributed by atoms with Gasteiger partial charge in [0.25, 0.3) is 0 Å². The molecule has 0 radical (unpaired) electrons. The second-order valence-electron chi connectivity index (χ2n) is 5.15. The maximum Gasteiger partial charge on any atom is 0.307 e. The van der Waals surface area contributed by atoms with Gasteiger partial charge in [-0.3, -0.25) is 9.69 Å². The summed E-state index contributed by atoms with van der Waals surface area (Å²) in [6.45, 7) is 3.10. The zero-order valence-electron chi connectivity index (χ0n) is 12.8. The summed E-state index contributed by atoms with van der Waals surface area (Å²) >= 11 is 5.66. The number of esters is 1. The number of alkyl halides is 1. The van der Waals surface area contributed by atoms with Gasteiger partial charge in [-0.2, -0.15) is 4.39 Å². The van der Waals surface area contributed by atoms with Gasteiger partial charge in [-0.1, -0.05) is 11.6 Å². The Bertz CT molecular complexity index is 550. The Morgan fingerprint density at radius 1 is 1.48 bits per heavy atom. The van der Waals surface area contributed by atoms with Crippen LogP contribution in [0, 0.1) is 5.82 Å². The molecule has 9 heteroatoms. The summed E-state index contributed by atoms with van der Waals surface area (Å²) in [7, 11) is 0. The fourth-order valence-corrected chi connectivity index (χ4v) is 2.68. The van der Waals surface area contributed by atoms with Gasteiger partial charge in [-0.15, -0.1) is 0 Å². The van der Waals surface area contributed by atoms with E-state index in [1.807, 2.05) is 4.90 Å². The second kappa shape index (κ2) is 8.35. The van der Waals surface area contributed by atoms with E-state index in [-0.39, 0.29) is 29.9 Å². The highest BCUT2D eigenvalue weighted by atomic mass is 35.5. The van der Waals surface area contributed by atoms with E-state index in [4.69, 9.17) is 16.3 Å². The zero-order chi connectivity index (χ0) is 16.8. The number of nitrogens with zero attached hydrogens (tertiary/aromatic N) is 4. The Labute approximate surface area is 138 Å². The Kier molecular flexibility index (Phi) is 6.47. The quantitative estimate of drug-likeness (QED) is 0.576. The predicted molar refractivity (Wildman–Crippen MR) is 81.8 cm³/mol. The van der Waals surface area contributed by atoms with Crippen molar-refractivity contribution in [3.05, 3.63) is 17.3 Å². The first-order valence-electron chi connectivity index (χ1n) is 7.43. The molecular formula is C14H19ClF2N4O2. The van der Waals surface area contributed by atoms with E-state index in [1.165, 1.54) is 6.33 Å². The molecule has 1 saturated heterocycles. The van der Waals surface area contributed by atoms with Gasteiger partial charge in [0.1, 0.15) is 13.0 Å². The Morgan fingerprint density at radius 2 is 2.26 bits per heavy atom. The second-order valence-corrected chi connectivity index (χ2v) is 5.51. The van der Waals surface area contributed by atoms with Crippen LogP contribution in [0.1, 0.15) is 13.3 Å². The monoisotopic (exact) mass is 348 g/mol. The lowest BCUT2D eigenvalue weighted by Crippen LogP contribution is -2.55. The molecule has 0 aliphatic carbocycles. The normalized spacial score (nSPS) is 19.0.